The van der Waals surface area contributed by atoms with Crippen LogP contribution >= 0.6 is 11.6 Å². The summed E-state index contributed by atoms with van der Waals surface area (Å²) in [6.45, 7) is 3.80. The smallest absolute Gasteiger partial charge is 0.245 e. The van der Waals surface area contributed by atoms with Crippen LogP contribution in [0.2, 0.25) is 5.02 Å². The lowest BCUT2D eigenvalue weighted by Crippen LogP contribution is -2.31. The highest BCUT2D eigenvalue weighted by molar-refractivity contribution is 6.30. The Balaban J connectivity index is 1.69. The van der Waals surface area contributed by atoms with Gasteiger partial charge in [-0.3, -0.25) is 15.6 Å². The van der Waals surface area contributed by atoms with Crippen LogP contribution in [0.5, 0.6) is 5.88 Å². The Hall–Kier alpha value is -3.13. The van der Waals surface area contributed by atoms with Gasteiger partial charge in [-0.05, 0) is 38.1 Å². The van der Waals surface area contributed by atoms with Gasteiger partial charge in [0.15, 0.2) is 0 Å². The number of amides is 1. The number of aromatic nitrogens is 4. The van der Waals surface area contributed by atoms with Crippen LogP contribution in [-0.4, -0.2) is 32.8 Å². The minimum absolute atomic E-state index is 0.169. The maximum absolute atomic E-state index is 12.3. The highest BCUT2D eigenvalue weighted by Gasteiger charge is 2.16. The zero-order chi connectivity index (χ0) is 19.4. The molecule has 0 fully saturated rings. The first-order valence-corrected chi connectivity index (χ1v) is 8.58. The molecule has 0 unspecified atom stereocenters. The number of carbonyl (C=O) groups is 1. The summed E-state index contributed by atoms with van der Waals surface area (Å²) in [7, 11) is 1.51. The summed E-state index contributed by atoms with van der Waals surface area (Å²) in [6, 6.07) is 8.99. The lowest BCUT2D eigenvalue weighted by atomic mass is 10.1. The van der Waals surface area contributed by atoms with Crippen molar-refractivity contribution in [1.29, 1.82) is 0 Å². The third kappa shape index (κ3) is 4.35. The molecule has 0 saturated carbocycles. The number of hydrogen-bond acceptors (Lipinski definition) is 6. The van der Waals surface area contributed by atoms with Crippen molar-refractivity contribution in [3.63, 3.8) is 0 Å². The van der Waals surface area contributed by atoms with E-state index < -0.39 is 0 Å². The first-order chi connectivity index (χ1) is 13.0. The molecule has 2 heterocycles. The standard InChI is InChI=1S/C18H19ClN6O2/c1-11-15(12(2)25(24-11)14-6-4-13(19)5-7-14)10-16(26)22-23-18-20-9-8-17(21-18)27-3/h4-9H,10H2,1-3H3,(H,22,26)(H,20,21,23). The molecule has 0 saturated heterocycles. The number of nitrogens with one attached hydrogen (secondary N) is 2. The van der Waals surface area contributed by atoms with Gasteiger partial charge in [0.05, 0.1) is 24.9 Å². The summed E-state index contributed by atoms with van der Waals surface area (Å²) in [5, 5.41) is 5.19. The molecule has 0 aliphatic heterocycles. The lowest BCUT2D eigenvalue weighted by molar-refractivity contribution is -0.120. The number of aryl methyl sites for hydroxylation is 1. The van der Waals surface area contributed by atoms with E-state index in [9.17, 15) is 4.79 Å². The number of anilines is 1. The molecule has 8 nitrogen and oxygen atoms in total. The van der Waals surface area contributed by atoms with Gasteiger partial charge in [-0.25, -0.2) is 9.67 Å². The van der Waals surface area contributed by atoms with E-state index in [1.807, 2.05) is 26.0 Å². The molecule has 2 N–H and O–H groups in total. The fourth-order valence-electron chi connectivity index (χ4n) is 2.61. The third-order valence-electron chi connectivity index (χ3n) is 4.00. The second-order valence-electron chi connectivity index (χ2n) is 5.81. The van der Waals surface area contributed by atoms with Crippen molar-refractivity contribution in [2.45, 2.75) is 20.3 Å². The fourth-order valence-corrected chi connectivity index (χ4v) is 2.74. The number of benzene rings is 1. The largest absolute Gasteiger partial charge is 0.481 e. The van der Waals surface area contributed by atoms with Crippen LogP contribution in [0.25, 0.3) is 5.69 Å². The van der Waals surface area contributed by atoms with Crippen LogP contribution in [0.15, 0.2) is 36.5 Å². The number of methoxy groups -OCH3 is 1. The molecule has 3 rings (SSSR count). The predicted octanol–water partition coefficient (Wildman–Crippen LogP) is 2.63. The molecule has 9 heteroatoms. The predicted molar refractivity (Wildman–Crippen MR) is 102 cm³/mol. The summed E-state index contributed by atoms with van der Waals surface area (Å²) in [5.41, 5.74) is 8.68. The number of rotatable bonds is 6. The van der Waals surface area contributed by atoms with E-state index in [2.05, 4.69) is 25.9 Å². The van der Waals surface area contributed by atoms with Crippen molar-refractivity contribution in [2.75, 3.05) is 12.5 Å². The molecule has 2 aromatic heterocycles. The van der Waals surface area contributed by atoms with Crippen molar-refractivity contribution in [2.24, 2.45) is 0 Å². The first-order valence-electron chi connectivity index (χ1n) is 8.21. The molecule has 0 spiro atoms. The van der Waals surface area contributed by atoms with Crippen LogP contribution in [0, 0.1) is 13.8 Å². The molecular weight excluding hydrogens is 368 g/mol. The number of hydrogen-bond donors (Lipinski definition) is 2. The second kappa shape index (κ2) is 8.05. The number of carbonyl (C=O) groups excluding carboxylic acids is 1. The highest BCUT2D eigenvalue weighted by Crippen LogP contribution is 2.20. The Morgan fingerprint density at radius 3 is 2.67 bits per heavy atom. The highest BCUT2D eigenvalue weighted by atomic mass is 35.5. The van der Waals surface area contributed by atoms with E-state index >= 15 is 0 Å². The molecule has 0 radical (unpaired) electrons. The SMILES string of the molecule is COc1ccnc(NNC(=O)Cc2c(C)nn(-c3ccc(Cl)cc3)c2C)n1. The van der Waals surface area contributed by atoms with E-state index in [0.717, 1.165) is 22.6 Å². The van der Waals surface area contributed by atoms with Crippen LogP contribution in [-0.2, 0) is 11.2 Å². The number of nitrogens with zero attached hydrogens (tertiary/aromatic N) is 4. The van der Waals surface area contributed by atoms with Crippen molar-refractivity contribution in [1.82, 2.24) is 25.2 Å². The van der Waals surface area contributed by atoms with Gasteiger partial charge in [0.1, 0.15) is 0 Å². The van der Waals surface area contributed by atoms with E-state index in [0.29, 0.717) is 10.9 Å². The van der Waals surface area contributed by atoms with Gasteiger partial charge in [0, 0.05) is 28.5 Å². The first kappa shape index (κ1) is 18.7. The zero-order valence-electron chi connectivity index (χ0n) is 15.2. The summed E-state index contributed by atoms with van der Waals surface area (Å²) >= 11 is 5.94. The summed E-state index contributed by atoms with van der Waals surface area (Å²) in [4.78, 5) is 20.4. The lowest BCUT2D eigenvalue weighted by Gasteiger charge is -2.08. The van der Waals surface area contributed by atoms with Gasteiger partial charge in [0.25, 0.3) is 0 Å². The van der Waals surface area contributed by atoms with Crippen molar-refractivity contribution in [3.05, 3.63) is 58.5 Å². The average Bonchev–Trinajstić information content (AvgIpc) is 2.95. The summed E-state index contributed by atoms with van der Waals surface area (Å²) < 4.78 is 6.82. The van der Waals surface area contributed by atoms with Crippen LogP contribution < -0.4 is 15.6 Å². The number of ether oxygens (including phenoxy) is 1. The summed E-state index contributed by atoms with van der Waals surface area (Å²) in [5.74, 6) is 0.411. The Kier molecular flexibility index (Phi) is 5.56. The molecule has 3 aromatic rings. The molecule has 27 heavy (non-hydrogen) atoms. The van der Waals surface area contributed by atoms with E-state index in [1.54, 1.807) is 22.9 Å². The maximum Gasteiger partial charge on any atom is 0.245 e. The number of halogens is 1. The van der Waals surface area contributed by atoms with E-state index in [1.165, 1.54) is 13.3 Å². The van der Waals surface area contributed by atoms with Crippen LogP contribution in [0.1, 0.15) is 17.0 Å². The topological polar surface area (TPSA) is 94.0 Å². The molecule has 0 aliphatic carbocycles. The fraction of sp³-hybridized carbons (Fsp3) is 0.222. The second-order valence-corrected chi connectivity index (χ2v) is 6.25. The Labute approximate surface area is 161 Å². The van der Waals surface area contributed by atoms with E-state index in [-0.39, 0.29) is 18.3 Å². The van der Waals surface area contributed by atoms with Gasteiger partial charge in [-0.2, -0.15) is 10.1 Å². The monoisotopic (exact) mass is 386 g/mol. The van der Waals surface area contributed by atoms with Crippen molar-refractivity contribution in [3.8, 4) is 11.6 Å². The molecule has 0 atom stereocenters. The van der Waals surface area contributed by atoms with Gasteiger partial charge >= 0.3 is 0 Å². The minimum atomic E-state index is -0.233. The molecular formula is C18H19ClN6O2. The Bertz CT molecular complexity index is 955. The molecule has 1 amide bonds. The van der Waals surface area contributed by atoms with Crippen LogP contribution in [0.4, 0.5) is 5.95 Å². The molecule has 1 aromatic carbocycles. The zero-order valence-corrected chi connectivity index (χ0v) is 15.9. The molecule has 0 bridgehead atoms. The van der Waals surface area contributed by atoms with Gasteiger partial charge < -0.3 is 4.74 Å². The Morgan fingerprint density at radius 1 is 1.22 bits per heavy atom. The average molecular weight is 387 g/mol. The van der Waals surface area contributed by atoms with Gasteiger partial charge in [-0.15, -0.1) is 0 Å². The normalized spacial score (nSPS) is 10.5. The molecule has 140 valence electrons. The quantitative estimate of drug-likeness (QED) is 0.632. The number of hydrazine groups is 1. The Morgan fingerprint density at radius 2 is 1.96 bits per heavy atom. The maximum atomic E-state index is 12.3. The van der Waals surface area contributed by atoms with Gasteiger partial charge in [-0.1, -0.05) is 11.6 Å². The van der Waals surface area contributed by atoms with E-state index in [4.69, 9.17) is 16.3 Å². The van der Waals surface area contributed by atoms with Crippen LogP contribution in [0.3, 0.4) is 0 Å². The third-order valence-corrected chi connectivity index (χ3v) is 4.25. The van der Waals surface area contributed by atoms with Crippen molar-refractivity contribution >= 4 is 23.5 Å². The summed E-state index contributed by atoms with van der Waals surface area (Å²) in [6.07, 6.45) is 1.70. The van der Waals surface area contributed by atoms with Gasteiger partial charge in [0.2, 0.25) is 17.7 Å². The van der Waals surface area contributed by atoms with Crippen molar-refractivity contribution < 1.29 is 9.53 Å². The molecule has 0 aliphatic rings. The minimum Gasteiger partial charge on any atom is -0.481 e.